The van der Waals surface area contributed by atoms with Gasteiger partial charge in [0.2, 0.25) is 12.5 Å². The molecule has 0 aliphatic carbocycles. The molecule has 0 bridgehead atoms. The predicted octanol–water partition coefficient (Wildman–Crippen LogP) is 3.78. The normalized spacial score (nSPS) is 21.2. The Hall–Kier alpha value is -2.03. The van der Waals surface area contributed by atoms with E-state index in [1.54, 1.807) is 18.9 Å². The van der Waals surface area contributed by atoms with Gasteiger partial charge in [-0.05, 0) is 69.1 Å². The Bertz CT molecular complexity index is 922. The van der Waals surface area contributed by atoms with Crippen LogP contribution in [0, 0.1) is 0 Å². The molecular weight excluding hydrogens is 424 g/mol. The number of aromatic nitrogens is 2. The molecule has 32 heavy (non-hydrogen) atoms. The van der Waals surface area contributed by atoms with Crippen molar-refractivity contribution in [3.63, 3.8) is 0 Å². The third-order valence-corrected chi connectivity index (χ3v) is 7.38. The largest absolute Gasteiger partial charge is 0.493 e. The predicted molar refractivity (Wildman–Crippen MR) is 125 cm³/mol. The van der Waals surface area contributed by atoms with Crippen LogP contribution in [0.25, 0.3) is 0 Å². The zero-order valence-electron chi connectivity index (χ0n) is 18.8. The van der Waals surface area contributed by atoms with Gasteiger partial charge in [0.1, 0.15) is 0 Å². The van der Waals surface area contributed by atoms with Crippen LogP contribution in [0.4, 0.5) is 0 Å². The Kier molecular flexibility index (Phi) is 7.00. The van der Waals surface area contributed by atoms with E-state index in [1.165, 1.54) is 50.0 Å². The van der Waals surface area contributed by atoms with Gasteiger partial charge in [-0.25, -0.2) is 9.97 Å². The number of hydrogen-bond donors (Lipinski definition) is 0. The van der Waals surface area contributed by atoms with Crippen molar-refractivity contribution in [3.05, 3.63) is 35.7 Å². The number of hydrogen-bond acceptors (Lipinski definition) is 8. The molecule has 1 aromatic carbocycles. The lowest BCUT2D eigenvalue weighted by Crippen LogP contribution is -2.34. The van der Waals surface area contributed by atoms with Crippen molar-refractivity contribution in [3.8, 4) is 17.2 Å². The summed E-state index contributed by atoms with van der Waals surface area (Å²) in [6.07, 6.45) is 6.97. The monoisotopic (exact) mass is 456 g/mol. The van der Waals surface area contributed by atoms with Crippen LogP contribution in [0.1, 0.15) is 42.9 Å². The van der Waals surface area contributed by atoms with E-state index in [4.69, 9.17) is 19.2 Å². The molecule has 0 N–H and O–H groups in total. The highest BCUT2D eigenvalue weighted by Gasteiger charge is 2.25. The molecule has 4 heterocycles. The Morgan fingerprint density at radius 3 is 2.88 bits per heavy atom. The average Bonchev–Trinajstić information content (AvgIpc) is 3.51. The minimum atomic E-state index is 0.257. The standard InChI is InChI=1S/C24H32N4O3S/c1-29-21-13-18(14-22-23(21)31-17-30-22)15-28-10-4-5-19(16-28)20-6-7-25-24(26-20)32-12-11-27-8-2-3-9-27/h6-7,13-14,19H,2-5,8-12,15-17H2,1H3/t19-/m1/s1. The number of rotatable bonds is 8. The molecule has 3 aliphatic rings. The van der Waals surface area contributed by atoms with Crippen LogP contribution in [-0.4, -0.2) is 72.1 Å². The molecule has 2 fully saturated rings. The van der Waals surface area contributed by atoms with Crippen molar-refractivity contribution in [2.45, 2.75) is 43.3 Å². The lowest BCUT2D eigenvalue weighted by molar-refractivity contribution is 0.171. The number of fused-ring (bicyclic) bond motifs is 1. The molecule has 0 unspecified atom stereocenters. The van der Waals surface area contributed by atoms with Crippen LogP contribution in [0.3, 0.4) is 0 Å². The Balaban J connectivity index is 1.20. The summed E-state index contributed by atoms with van der Waals surface area (Å²) in [5.41, 5.74) is 2.37. The highest BCUT2D eigenvalue weighted by molar-refractivity contribution is 7.99. The van der Waals surface area contributed by atoms with Gasteiger partial charge in [0.15, 0.2) is 16.7 Å². The first kappa shape index (κ1) is 21.8. The summed E-state index contributed by atoms with van der Waals surface area (Å²) in [6, 6.07) is 6.24. The van der Waals surface area contributed by atoms with Gasteiger partial charge in [-0.1, -0.05) is 11.8 Å². The first-order valence-corrected chi connectivity index (χ1v) is 12.6. The van der Waals surface area contributed by atoms with E-state index in [-0.39, 0.29) is 6.79 Å². The van der Waals surface area contributed by atoms with Crippen molar-refractivity contribution in [1.82, 2.24) is 19.8 Å². The summed E-state index contributed by atoms with van der Waals surface area (Å²) in [6.45, 7) is 6.85. The second kappa shape index (κ2) is 10.3. The maximum Gasteiger partial charge on any atom is 0.231 e. The number of likely N-dealkylation sites (tertiary alicyclic amines) is 2. The minimum absolute atomic E-state index is 0.257. The number of benzene rings is 1. The van der Waals surface area contributed by atoms with E-state index >= 15 is 0 Å². The number of ether oxygens (including phenoxy) is 3. The van der Waals surface area contributed by atoms with Crippen LogP contribution in [0.2, 0.25) is 0 Å². The molecule has 5 rings (SSSR count). The Morgan fingerprint density at radius 1 is 1.12 bits per heavy atom. The number of thioether (sulfide) groups is 1. The van der Waals surface area contributed by atoms with Crippen LogP contribution in [0.5, 0.6) is 17.2 Å². The highest BCUT2D eigenvalue weighted by Crippen LogP contribution is 2.42. The zero-order chi connectivity index (χ0) is 21.8. The molecule has 0 saturated carbocycles. The van der Waals surface area contributed by atoms with Gasteiger partial charge >= 0.3 is 0 Å². The molecule has 1 atom stereocenters. The van der Waals surface area contributed by atoms with E-state index in [9.17, 15) is 0 Å². The number of nitrogens with zero attached hydrogens (tertiary/aromatic N) is 4. The minimum Gasteiger partial charge on any atom is -0.493 e. The van der Waals surface area contributed by atoms with Crippen molar-refractivity contribution < 1.29 is 14.2 Å². The molecule has 2 aromatic rings. The van der Waals surface area contributed by atoms with Crippen LogP contribution >= 0.6 is 11.8 Å². The first-order chi connectivity index (χ1) is 15.8. The van der Waals surface area contributed by atoms with Crippen LogP contribution < -0.4 is 14.2 Å². The molecule has 0 radical (unpaired) electrons. The average molecular weight is 457 g/mol. The maximum absolute atomic E-state index is 5.60. The molecule has 0 amide bonds. The van der Waals surface area contributed by atoms with E-state index < -0.39 is 0 Å². The Labute approximate surface area is 194 Å². The highest BCUT2D eigenvalue weighted by atomic mass is 32.2. The van der Waals surface area contributed by atoms with Gasteiger partial charge in [0.05, 0.1) is 7.11 Å². The van der Waals surface area contributed by atoms with Gasteiger partial charge < -0.3 is 19.1 Å². The molecule has 1 aromatic heterocycles. The zero-order valence-corrected chi connectivity index (χ0v) is 19.6. The summed E-state index contributed by atoms with van der Waals surface area (Å²) in [5.74, 6) is 3.74. The van der Waals surface area contributed by atoms with E-state index in [0.29, 0.717) is 11.7 Å². The maximum atomic E-state index is 5.60. The van der Waals surface area contributed by atoms with Gasteiger partial charge in [-0.2, -0.15) is 0 Å². The van der Waals surface area contributed by atoms with Gasteiger partial charge in [0.25, 0.3) is 0 Å². The summed E-state index contributed by atoms with van der Waals surface area (Å²) < 4.78 is 16.6. The SMILES string of the molecule is COc1cc(CN2CCC[C@@H](c3ccnc(SCCN4CCCC4)n3)C2)cc2c1OCO2. The molecule has 0 spiro atoms. The topological polar surface area (TPSA) is 60.0 Å². The molecule has 2 saturated heterocycles. The summed E-state index contributed by atoms with van der Waals surface area (Å²) in [5, 5.41) is 0.916. The second-order valence-corrected chi connectivity index (χ2v) is 9.83. The van der Waals surface area contributed by atoms with Gasteiger partial charge in [-0.15, -0.1) is 0 Å². The first-order valence-electron chi connectivity index (χ1n) is 11.7. The molecule has 8 heteroatoms. The van der Waals surface area contributed by atoms with Crippen molar-refractivity contribution in [2.75, 3.05) is 52.4 Å². The third kappa shape index (κ3) is 5.13. The third-order valence-electron chi connectivity index (χ3n) is 6.54. The van der Waals surface area contributed by atoms with E-state index in [2.05, 4.69) is 33.0 Å². The summed E-state index contributed by atoms with van der Waals surface area (Å²) >= 11 is 1.79. The lowest BCUT2D eigenvalue weighted by atomic mass is 9.94. The lowest BCUT2D eigenvalue weighted by Gasteiger charge is -2.32. The van der Waals surface area contributed by atoms with Gasteiger partial charge in [-0.3, -0.25) is 4.90 Å². The summed E-state index contributed by atoms with van der Waals surface area (Å²) in [7, 11) is 1.67. The van der Waals surface area contributed by atoms with Crippen molar-refractivity contribution in [1.29, 1.82) is 0 Å². The van der Waals surface area contributed by atoms with E-state index in [1.807, 2.05) is 6.20 Å². The Morgan fingerprint density at radius 2 is 2.00 bits per heavy atom. The van der Waals surface area contributed by atoms with Crippen LogP contribution in [-0.2, 0) is 6.54 Å². The summed E-state index contributed by atoms with van der Waals surface area (Å²) in [4.78, 5) is 14.5. The fourth-order valence-electron chi connectivity index (χ4n) is 4.90. The smallest absolute Gasteiger partial charge is 0.231 e. The quantitative estimate of drug-likeness (QED) is 0.439. The molecule has 3 aliphatic heterocycles. The number of methoxy groups -OCH3 is 1. The fraction of sp³-hybridized carbons (Fsp3) is 0.583. The van der Waals surface area contributed by atoms with Crippen LogP contribution in [0.15, 0.2) is 29.6 Å². The molecular formula is C24H32N4O3S. The van der Waals surface area contributed by atoms with E-state index in [0.717, 1.165) is 48.6 Å². The molecule has 172 valence electrons. The fourth-order valence-corrected chi connectivity index (χ4v) is 5.73. The number of piperidine rings is 1. The van der Waals surface area contributed by atoms with Gasteiger partial charge in [0, 0.05) is 43.2 Å². The van der Waals surface area contributed by atoms with Crippen molar-refractivity contribution in [2.24, 2.45) is 0 Å². The van der Waals surface area contributed by atoms with Crippen molar-refractivity contribution >= 4 is 11.8 Å². The molecule has 7 nitrogen and oxygen atoms in total. The second-order valence-electron chi connectivity index (χ2n) is 8.77.